The van der Waals surface area contributed by atoms with Crippen LogP contribution in [0.1, 0.15) is 37.2 Å². The molecule has 0 atom stereocenters. The van der Waals surface area contributed by atoms with Gasteiger partial charge in [-0.3, -0.25) is 0 Å². The Labute approximate surface area is 77.2 Å². The highest BCUT2D eigenvalue weighted by molar-refractivity contribution is 5.35. The zero-order valence-corrected chi connectivity index (χ0v) is 7.46. The van der Waals surface area contributed by atoms with Crippen LogP contribution in [0.2, 0.25) is 0 Å². The van der Waals surface area contributed by atoms with Crippen LogP contribution in [0, 0.1) is 5.82 Å². The summed E-state index contributed by atoms with van der Waals surface area (Å²) in [5, 5.41) is 9.53. The van der Waals surface area contributed by atoms with Crippen LogP contribution in [-0.2, 0) is 0 Å². The highest BCUT2D eigenvalue weighted by Gasteiger charge is 2.20. The lowest BCUT2D eigenvalue weighted by molar-refractivity contribution is 0.458. The van der Waals surface area contributed by atoms with Crippen molar-refractivity contribution in [2.45, 2.75) is 31.6 Å². The Balaban J connectivity index is 2.32. The maximum Gasteiger partial charge on any atom is 0.123 e. The van der Waals surface area contributed by atoms with Gasteiger partial charge in [-0.25, -0.2) is 4.39 Å². The molecule has 1 aromatic rings. The van der Waals surface area contributed by atoms with Gasteiger partial charge in [-0.05, 0) is 42.5 Å². The number of phenols is 1. The van der Waals surface area contributed by atoms with Crippen LogP contribution in [0.15, 0.2) is 18.2 Å². The van der Waals surface area contributed by atoms with Crippen molar-refractivity contribution in [3.05, 3.63) is 29.6 Å². The van der Waals surface area contributed by atoms with E-state index in [1.165, 1.54) is 31.0 Å². The smallest absolute Gasteiger partial charge is 0.123 e. The van der Waals surface area contributed by atoms with E-state index in [2.05, 4.69) is 0 Å². The van der Waals surface area contributed by atoms with E-state index in [0.717, 1.165) is 18.4 Å². The first-order valence-electron chi connectivity index (χ1n) is 4.76. The largest absolute Gasteiger partial charge is 0.508 e. The molecule has 1 aliphatic rings. The van der Waals surface area contributed by atoms with Crippen molar-refractivity contribution in [2.24, 2.45) is 0 Å². The van der Waals surface area contributed by atoms with Crippen LogP contribution < -0.4 is 0 Å². The fourth-order valence-electron chi connectivity index (χ4n) is 2.09. The molecule has 0 unspecified atom stereocenters. The number of halogens is 1. The standard InChI is InChI=1S/C11H13FO/c12-9-5-6-11(13)10(7-9)8-3-1-2-4-8/h5-8,13H,1-4H2. The normalized spacial score (nSPS) is 17.9. The SMILES string of the molecule is Oc1ccc(F)cc1C1CCCC1. The number of phenolic OH excluding ortho intramolecular Hbond substituents is 1. The minimum Gasteiger partial charge on any atom is -0.508 e. The van der Waals surface area contributed by atoms with Gasteiger partial charge in [0.25, 0.3) is 0 Å². The van der Waals surface area contributed by atoms with Crippen LogP contribution in [-0.4, -0.2) is 5.11 Å². The molecule has 0 amide bonds. The Bertz CT molecular complexity index is 303. The molecule has 0 heterocycles. The summed E-state index contributed by atoms with van der Waals surface area (Å²) in [6.45, 7) is 0. The van der Waals surface area contributed by atoms with Crippen molar-refractivity contribution >= 4 is 0 Å². The van der Waals surface area contributed by atoms with E-state index in [4.69, 9.17) is 0 Å². The lowest BCUT2D eigenvalue weighted by Gasteiger charge is -2.10. The zero-order chi connectivity index (χ0) is 9.26. The molecule has 70 valence electrons. The van der Waals surface area contributed by atoms with Crippen molar-refractivity contribution in [3.8, 4) is 5.75 Å². The van der Waals surface area contributed by atoms with Gasteiger partial charge in [-0.1, -0.05) is 12.8 Å². The second-order valence-corrected chi connectivity index (χ2v) is 3.68. The maximum absolute atomic E-state index is 12.9. The Morgan fingerprint density at radius 1 is 1.23 bits per heavy atom. The topological polar surface area (TPSA) is 20.2 Å². The van der Waals surface area contributed by atoms with E-state index in [-0.39, 0.29) is 11.6 Å². The molecule has 2 rings (SSSR count). The minimum absolute atomic E-state index is 0.244. The van der Waals surface area contributed by atoms with Crippen molar-refractivity contribution in [1.29, 1.82) is 0 Å². The van der Waals surface area contributed by atoms with E-state index in [1.54, 1.807) is 0 Å². The summed E-state index contributed by atoms with van der Waals surface area (Å²) in [5.41, 5.74) is 0.789. The monoisotopic (exact) mass is 180 g/mol. The van der Waals surface area contributed by atoms with Crippen molar-refractivity contribution < 1.29 is 9.50 Å². The lowest BCUT2D eigenvalue weighted by atomic mass is 9.97. The van der Waals surface area contributed by atoms with E-state index in [1.807, 2.05) is 0 Å². The van der Waals surface area contributed by atoms with Gasteiger partial charge in [-0.15, -0.1) is 0 Å². The number of aromatic hydroxyl groups is 1. The number of hydrogen-bond donors (Lipinski definition) is 1. The second kappa shape index (κ2) is 3.36. The van der Waals surface area contributed by atoms with Crippen LogP contribution in [0.5, 0.6) is 5.75 Å². The Kier molecular flexibility index (Phi) is 2.21. The molecular formula is C11H13FO. The van der Waals surface area contributed by atoms with Crippen LogP contribution in [0.4, 0.5) is 4.39 Å². The molecule has 1 nitrogen and oxygen atoms in total. The predicted octanol–water partition coefficient (Wildman–Crippen LogP) is 3.19. The molecule has 0 aliphatic heterocycles. The summed E-state index contributed by atoms with van der Waals surface area (Å²) >= 11 is 0. The van der Waals surface area contributed by atoms with E-state index < -0.39 is 0 Å². The van der Waals surface area contributed by atoms with Gasteiger partial charge in [0.2, 0.25) is 0 Å². The second-order valence-electron chi connectivity index (χ2n) is 3.68. The van der Waals surface area contributed by atoms with Crippen molar-refractivity contribution in [2.75, 3.05) is 0 Å². The molecule has 0 bridgehead atoms. The molecule has 1 saturated carbocycles. The van der Waals surface area contributed by atoms with Crippen molar-refractivity contribution in [3.63, 3.8) is 0 Å². The molecule has 0 radical (unpaired) electrons. The summed E-state index contributed by atoms with van der Waals surface area (Å²) in [6, 6.07) is 4.21. The summed E-state index contributed by atoms with van der Waals surface area (Å²) in [6.07, 6.45) is 4.55. The molecule has 1 N–H and O–H groups in total. The van der Waals surface area contributed by atoms with E-state index in [9.17, 15) is 9.50 Å². The molecule has 13 heavy (non-hydrogen) atoms. The summed E-state index contributed by atoms with van der Waals surface area (Å²) in [7, 11) is 0. The first kappa shape index (κ1) is 8.54. The van der Waals surface area contributed by atoms with E-state index in [0.29, 0.717) is 5.92 Å². The Hall–Kier alpha value is -1.05. The van der Waals surface area contributed by atoms with Crippen molar-refractivity contribution in [1.82, 2.24) is 0 Å². The minimum atomic E-state index is -0.250. The zero-order valence-electron chi connectivity index (χ0n) is 7.46. The average molecular weight is 180 g/mol. The molecule has 0 spiro atoms. The molecule has 0 aromatic heterocycles. The number of benzene rings is 1. The molecule has 1 fully saturated rings. The van der Waals surface area contributed by atoms with Gasteiger partial charge in [0.1, 0.15) is 11.6 Å². The van der Waals surface area contributed by atoms with Gasteiger partial charge < -0.3 is 5.11 Å². The summed E-state index contributed by atoms with van der Waals surface area (Å²) in [4.78, 5) is 0. The predicted molar refractivity (Wildman–Crippen MR) is 49.3 cm³/mol. The van der Waals surface area contributed by atoms with Gasteiger partial charge >= 0.3 is 0 Å². The third-order valence-electron chi connectivity index (χ3n) is 2.78. The third kappa shape index (κ3) is 1.67. The molecule has 1 aromatic carbocycles. The molecule has 2 heteroatoms. The molecular weight excluding hydrogens is 167 g/mol. The Morgan fingerprint density at radius 2 is 1.92 bits per heavy atom. The van der Waals surface area contributed by atoms with Crippen LogP contribution in [0.3, 0.4) is 0 Å². The number of hydrogen-bond acceptors (Lipinski definition) is 1. The fourth-order valence-corrected chi connectivity index (χ4v) is 2.09. The molecule has 0 saturated heterocycles. The van der Waals surface area contributed by atoms with E-state index >= 15 is 0 Å². The average Bonchev–Trinajstić information content (AvgIpc) is 2.61. The first-order chi connectivity index (χ1) is 6.27. The third-order valence-corrected chi connectivity index (χ3v) is 2.78. The van der Waals surface area contributed by atoms with Crippen LogP contribution >= 0.6 is 0 Å². The molecule has 1 aliphatic carbocycles. The highest BCUT2D eigenvalue weighted by Crippen LogP contribution is 2.38. The van der Waals surface area contributed by atoms with Gasteiger partial charge in [-0.2, -0.15) is 0 Å². The highest BCUT2D eigenvalue weighted by atomic mass is 19.1. The lowest BCUT2D eigenvalue weighted by Crippen LogP contribution is -1.93. The maximum atomic E-state index is 12.9. The van der Waals surface area contributed by atoms with Gasteiger partial charge in [0, 0.05) is 0 Å². The fraction of sp³-hybridized carbons (Fsp3) is 0.455. The van der Waals surface area contributed by atoms with Crippen LogP contribution in [0.25, 0.3) is 0 Å². The Morgan fingerprint density at radius 3 is 2.62 bits per heavy atom. The van der Waals surface area contributed by atoms with Gasteiger partial charge in [0.15, 0.2) is 0 Å². The number of rotatable bonds is 1. The first-order valence-corrected chi connectivity index (χ1v) is 4.76. The quantitative estimate of drug-likeness (QED) is 0.703. The summed E-state index contributed by atoms with van der Waals surface area (Å²) < 4.78 is 12.9. The summed E-state index contributed by atoms with van der Waals surface area (Å²) in [5.74, 6) is 0.365. The van der Waals surface area contributed by atoms with Gasteiger partial charge in [0.05, 0.1) is 0 Å².